The Balaban J connectivity index is 1.65. The minimum absolute atomic E-state index is 0.116. The van der Waals surface area contributed by atoms with Crippen molar-refractivity contribution in [3.63, 3.8) is 0 Å². The molecule has 2 aromatic carbocycles. The van der Waals surface area contributed by atoms with Gasteiger partial charge in [0.1, 0.15) is 0 Å². The van der Waals surface area contributed by atoms with E-state index < -0.39 is 0 Å². The summed E-state index contributed by atoms with van der Waals surface area (Å²) in [6.07, 6.45) is 0.194. The van der Waals surface area contributed by atoms with E-state index in [4.69, 9.17) is 11.6 Å². The van der Waals surface area contributed by atoms with E-state index >= 15 is 0 Å². The molecular weight excluding hydrogens is 370 g/mol. The molecule has 0 saturated carbocycles. The molecule has 0 aliphatic heterocycles. The summed E-state index contributed by atoms with van der Waals surface area (Å²) in [5.41, 5.74) is 3.17. The van der Waals surface area contributed by atoms with Gasteiger partial charge >= 0.3 is 0 Å². The zero-order valence-electron chi connectivity index (χ0n) is 14.0. The molecule has 7 heteroatoms. The van der Waals surface area contributed by atoms with Crippen LogP contribution in [0, 0.1) is 0 Å². The van der Waals surface area contributed by atoms with Crippen LogP contribution in [0.25, 0.3) is 11.3 Å². The van der Waals surface area contributed by atoms with Crippen molar-refractivity contribution in [2.75, 3.05) is 10.6 Å². The zero-order chi connectivity index (χ0) is 18.5. The lowest BCUT2D eigenvalue weighted by molar-refractivity contribution is -0.116. The highest BCUT2D eigenvalue weighted by atomic mass is 35.5. The average molecular weight is 386 g/mol. The molecule has 0 saturated heterocycles. The van der Waals surface area contributed by atoms with E-state index in [0.717, 1.165) is 22.5 Å². The van der Waals surface area contributed by atoms with E-state index in [0.29, 0.717) is 10.2 Å². The van der Waals surface area contributed by atoms with Gasteiger partial charge in [-0.05, 0) is 23.8 Å². The third-order valence-electron chi connectivity index (χ3n) is 3.56. The van der Waals surface area contributed by atoms with Crippen molar-refractivity contribution in [2.24, 2.45) is 0 Å². The SMILES string of the molecule is CC(=O)Nc1ccc(-c2csc(NC(=O)Cc3ccccc3Cl)n2)cc1. The fourth-order valence-electron chi connectivity index (χ4n) is 2.37. The van der Waals surface area contributed by atoms with Gasteiger partial charge in [-0.3, -0.25) is 9.59 Å². The highest BCUT2D eigenvalue weighted by Gasteiger charge is 2.10. The molecule has 132 valence electrons. The second-order valence-electron chi connectivity index (χ2n) is 5.61. The van der Waals surface area contributed by atoms with Gasteiger partial charge in [0.25, 0.3) is 0 Å². The van der Waals surface area contributed by atoms with E-state index in [-0.39, 0.29) is 18.2 Å². The first kappa shape index (κ1) is 18.1. The maximum Gasteiger partial charge on any atom is 0.230 e. The Labute approximate surface area is 160 Å². The van der Waals surface area contributed by atoms with Crippen LogP contribution in [-0.4, -0.2) is 16.8 Å². The first-order chi connectivity index (χ1) is 12.5. The number of carbonyl (C=O) groups excluding carboxylic acids is 2. The van der Waals surface area contributed by atoms with Crippen LogP contribution in [0.4, 0.5) is 10.8 Å². The van der Waals surface area contributed by atoms with Gasteiger partial charge in [-0.2, -0.15) is 0 Å². The third-order valence-corrected chi connectivity index (χ3v) is 4.69. The summed E-state index contributed by atoms with van der Waals surface area (Å²) < 4.78 is 0. The molecule has 3 aromatic rings. The van der Waals surface area contributed by atoms with Crippen molar-refractivity contribution in [1.82, 2.24) is 4.98 Å². The summed E-state index contributed by atoms with van der Waals surface area (Å²) in [6.45, 7) is 1.46. The Hall–Kier alpha value is -2.70. The normalized spacial score (nSPS) is 10.4. The van der Waals surface area contributed by atoms with Crippen molar-refractivity contribution in [3.05, 3.63) is 64.5 Å². The molecule has 2 amide bonds. The van der Waals surface area contributed by atoms with Crippen molar-refractivity contribution in [1.29, 1.82) is 0 Å². The molecule has 0 bridgehead atoms. The molecule has 5 nitrogen and oxygen atoms in total. The monoisotopic (exact) mass is 385 g/mol. The molecule has 0 aliphatic carbocycles. The van der Waals surface area contributed by atoms with Crippen molar-refractivity contribution >= 4 is 45.6 Å². The maximum atomic E-state index is 12.2. The number of hydrogen-bond donors (Lipinski definition) is 2. The average Bonchev–Trinajstić information content (AvgIpc) is 3.05. The Bertz CT molecular complexity index is 938. The van der Waals surface area contributed by atoms with E-state index in [1.54, 1.807) is 6.07 Å². The number of thiazole rings is 1. The maximum absolute atomic E-state index is 12.2. The summed E-state index contributed by atoms with van der Waals surface area (Å²) >= 11 is 7.44. The Morgan fingerprint density at radius 3 is 2.50 bits per heavy atom. The first-order valence-corrected chi connectivity index (χ1v) is 9.14. The van der Waals surface area contributed by atoms with Crippen molar-refractivity contribution in [2.45, 2.75) is 13.3 Å². The number of nitrogens with zero attached hydrogens (tertiary/aromatic N) is 1. The van der Waals surface area contributed by atoms with Gasteiger partial charge in [0.15, 0.2) is 5.13 Å². The Morgan fingerprint density at radius 1 is 1.08 bits per heavy atom. The molecule has 1 heterocycles. The van der Waals surface area contributed by atoms with Crippen LogP contribution < -0.4 is 10.6 Å². The lowest BCUT2D eigenvalue weighted by Gasteiger charge is -2.04. The fourth-order valence-corrected chi connectivity index (χ4v) is 3.31. The first-order valence-electron chi connectivity index (χ1n) is 7.88. The molecule has 3 rings (SSSR count). The summed E-state index contributed by atoms with van der Waals surface area (Å²) in [6, 6.07) is 14.6. The number of carbonyl (C=O) groups is 2. The summed E-state index contributed by atoms with van der Waals surface area (Å²) in [7, 11) is 0. The Morgan fingerprint density at radius 2 is 1.81 bits per heavy atom. The van der Waals surface area contributed by atoms with Crippen LogP contribution in [0.2, 0.25) is 5.02 Å². The molecule has 0 atom stereocenters. The minimum Gasteiger partial charge on any atom is -0.326 e. The van der Waals surface area contributed by atoms with Crippen LogP contribution in [0.5, 0.6) is 0 Å². The largest absolute Gasteiger partial charge is 0.326 e. The second-order valence-corrected chi connectivity index (χ2v) is 6.88. The van der Waals surface area contributed by atoms with Gasteiger partial charge in [0.05, 0.1) is 12.1 Å². The molecule has 0 unspecified atom stereocenters. The molecule has 0 spiro atoms. The fraction of sp³-hybridized carbons (Fsp3) is 0.105. The number of anilines is 2. The van der Waals surface area contributed by atoms with Crippen LogP contribution in [-0.2, 0) is 16.0 Å². The summed E-state index contributed by atoms with van der Waals surface area (Å²) in [5, 5.41) is 8.49. The van der Waals surface area contributed by atoms with Crippen LogP contribution in [0.3, 0.4) is 0 Å². The van der Waals surface area contributed by atoms with E-state index in [2.05, 4.69) is 15.6 Å². The number of nitrogens with one attached hydrogen (secondary N) is 2. The van der Waals surface area contributed by atoms with E-state index in [9.17, 15) is 9.59 Å². The van der Waals surface area contributed by atoms with E-state index in [1.165, 1.54) is 18.3 Å². The van der Waals surface area contributed by atoms with Gasteiger partial charge in [-0.15, -0.1) is 11.3 Å². The van der Waals surface area contributed by atoms with Crippen LogP contribution in [0.1, 0.15) is 12.5 Å². The predicted molar refractivity (Wildman–Crippen MR) is 106 cm³/mol. The molecule has 1 aromatic heterocycles. The highest BCUT2D eigenvalue weighted by molar-refractivity contribution is 7.14. The molecule has 0 aliphatic rings. The number of hydrogen-bond acceptors (Lipinski definition) is 4. The minimum atomic E-state index is -0.167. The second kappa shape index (κ2) is 8.12. The zero-order valence-corrected chi connectivity index (χ0v) is 15.5. The van der Waals surface area contributed by atoms with Crippen LogP contribution in [0.15, 0.2) is 53.9 Å². The topological polar surface area (TPSA) is 71.1 Å². The Kier molecular flexibility index (Phi) is 5.65. The van der Waals surface area contributed by atoms with Crippen molar-refractivity contribution < 1.29 is 9.59 Å². The molecular formula is C19H16ClN3O2S. The number of halogens is 1. The van der Waals surface area contributed by atoms with Gasteiger partial charge in [-0.1, -0.05) is 41.9 Å². The molecule has 2 N–H and O–H groups in total. The highest BCUT2D eigenvalue weighted by Crippen LogP contribution is 2.26. The smallest absolute Gasteiger partial charge is 0.230 e. The lowest BCUT2D eigenvalue weighted by Crippen LogP contribution is -2.14. The van der Waals surface area contributed by atoms with Gasteiger partial charge < -0.3 is 10.6 Å². The van der Waals surface area contributed by atoms with E-state index in [1.807, 2.05) is 47.8 Å². The molecule has 0 radical (unpaired) electrons. The predicted octanol–water partition coefficient (Wildman–Crippen LogP) is 4.60. The number of benzene rings is 2. The third kappa shape index (κ3) is 4.68. The summed E-state index contributed by atoms with van der Waals surface area (Å²) in [4.78, 5) is 27.7. The number of amides is 2. The lowest BCUT2D eigenvalue weighted by atomic mass is 10.1. The quantitative estimate of drug-likeness (QED) is 0.674. The van der Waals surface area contributed by atoms with Crippen molar-refractivity contribution in [3.8, 4) is 11.3 Å². The standard InChI is InChI=1S/C19H16ClN3O2S/c1-12(24)21-15-8-6-13(7-9-15)17-11-26-19(22-17)23-18(25)10-14-4-2-3-5-16(14)20/h2-9,11H,10H2,1H3,(H,21,24)(H,22,23,25). The van der Waals surface area contributed by atoms with Crippen LogP contribution >= 0.6 is 22.9 Å². The van der Waals surface area contributed by atoms with Gasteiger partial charge in [0.2, 0.25) is 11.8 Å². The number of rotatable bonds is 5. The van der Waals surface area contributed by atoms with Gasteiger partial charge in [0, 0.05) is 28.6 Å². The number of aromatic nitrogens is 1. The molecule has 26 heavy (non-hydrogen) atoms. The molecule has 0 fully saturated rings. The van der Waals surface area contributed by atoms with Gasteiger partial charge in [-0.25, -0.2) is 4.98 Å². The summed E-state index contributed by atoms with van der Waals surface area (Å²) in [5.74, 6) is -0.282.